The number of hydrogen-bond acceptors (Lipinski definition) is 9. The molecule has 2 aromatic heterocycles. The van der Waals surface area contributed by atoms with Gasteiger partial charge in [0.1, 0.15) is 17.9 Å². The Morgan fingerprint density at radius 2 is 1.75 bits per heavy atom. The van der Waals surface area contributed by atoms with Gasteiger partial charge in [0, 0.05) is 12.3 Å². The number of imide groups is 1. The van der Waals surface area contributed by atoms with Gasteiger partial charge in [0.25, 0.3) is 12.1 Å². The van der Waals surface area contributed by atoms with Gasteiger partial charge in [-0.05, 0) is 36.2 Å². The fourth-order valence-corrected chi connectivity index (χ4v) is 3.60. The number of pyridine rings is 1. The van der Waals surface area contributed by atoms with Crippen LogP contribution < -0.4 is 20.3 Å². The van der Waals surface area contributed by atoms with Crippen molar-refractivity contribution >= 4 is 35.1 Å². The fraction of sp³-hybridized carbons (Fsp3) is 0.217. The standard InChI is InChI=1S/C23H16F6N6O5/c1-2-11-5-13(3-4-15(11)39-17-7-16(30)32-10-33-17)34-18(36)19(40-20(37)23(27,28)29)35(21(34)38)14-6-12(8-31-9-14)22(24,25)26/h3-10,19H,2H2,1H3,(H2,30,32,33). The molecule has 1 atom stereocenters. The lowest BCUT2D eigenvalue weighted by Crippen LogP contribution is -2.42. The number of aryl methyl sites for hydroxylation is 1. The van der Waals surface area contributed by atoms with Crippen molar-refractivity contribution in [3.8, 4) is 11.6 Å². The highest BCUT2D eigenvalue weighted by molar-refractivity contribution is 6.28. The zero-order chi connectivity index (χ0) is 29.4. The maximum Gasteiger partial charge on any atom is 0.491 e. The molecule has 3 heterocycles. The lowest BCUT2D eigenvalue weighted by molar-refractivity contribution is -0.204. The Morgan fingerprint density at radius 1 is 1.02 bits per heavy atom. The first-order valence-electron chi connectivity index (χ1n) is 11.1. The van der Waals surface area contributed by atoms with Crippen molar-refractivity contribution in [2.24, 2.45) is 0 Å². The monoisotopic (exact) mass is 570 g/mol. The molecule has 1 aromatic carbocycles. The second kappa shape index (κ2) is 10.3. The molecule has 3 aromatic rings. The number of amides is 3. The summed E-state index contributed by atoms with van der Waals surface area (Å²) in [5.74, 6) is -3.93. The van der Waals surface area contributed by atoms with E-state index >= 15 is 0 Å². The summed E-state index contributed by atoms with van der Waals surface area (Å²) in [7, 11) is 0. The van der Waals surface area contributed by atoms with Crippen LogP contribution in [0.3, 0.4) is 0 Å². The van der Waals surface area contributed by atoms with Crippen LogP contribution in [0.25, 0.3) is 0 Å². The minimum atomic E-state index is -5.58. The summed E-state index contributed by atoms with van der Waals surface area (Å²) in [5.41, 5.74) is 3.67. The summed E-state index contributed by atoms with van der Waals surface area (Å²) < 4.78 is 88.5. The average Bonchev–Trinajstić information content (AvgIpc) is 3.12. The molecule has 1 fully saturated rings. The molecule has 4 rings (SSSR count). The molecule has 11 nitrogen and oxygen atoms in total. The van der Waals surface area contributed by atoms with Gasteiger partial charge in [-0.2, -0.15) is 26.3 Å². The molecular formula is C23H16F6N6O5. The van der Waals surface area contributed by atoms with Gasteiger partial charge in [-0.15, -0.1) is 0 Å². The number of carbonyl (C=O) groups excluding carboxylic acids is 3. The highest BCUT2D eigenvalue weighted by atomic mass is 19.4. The number of rotatable bonds is 6. The molecular weight excluding hydrogens is 554 g/mol. The number of aromatic nitrogens is 3. The second-order valence-corrected chi connectivity index (χ2v) is 8.04. The Labute approximate surface area is 220 Å². The predicted molar refractivity (Wildman–Crippen MR) is 123 cm³/mol. The van der Waals surface area contributed by atoms with E-state index in [0.29, 0.717) is 28.9 Å². The maximum atomic E-state index is 13.3. The van der Waals surface area contributed by atoms with Gasteiger partial charge >= 0.3 is 24.4 Å². The Hall–Kier alpha value is -4.96. The highest BCUT2D eigenvalue weighted by Crippen LogP contribution is 2.37. The summed E-state index contributed by atoms with van der Waals surface area (Å²) in [4.78, 5) is 49.6. The number of nitrogens with two attached hydrogens (primary N) is 1. The highest BCUT2D eigenvalue weighted by Gasteiger charge is 2.53. The third-order valence-corrected chi connectivity index (χ3v) is 5.40. The average molecular weight is 570 g/mol. The molecule has 3 amide bonds. The molecule has 1 saturated heterocycles. The van der Waals surface area contributed by atoms with Crippen molar-refractivity contribution in [1.29, 1.82) is 0 Å². The normalized spacial score (nSPS) is 15.9. The van der Waals surface area contributed by atoms with E-state index in [0.717, 1.165) is 6.33 Å². The minimum absolute atomic E-state index is 0.0608. The second-order valence-electron chi connectivity index (χ2n) is 8.04. The first-order chi connectivity index (χ1) is 18.7. The van der Waals surface area contributed by atoms with Gasteiger partial charge in [0.05, 0.1) is 23.1 Å². The number of benzene rings is 1. The zero-order valence-electron chi connectivity index (χ0n) is 20.0. The Kier molecular flexibility index (Phi) is 7.23. The number of anilines is 3. The number of hydrogen-bond donors (Lipinski definition) is 1. The van der Waals surface area contributed by atoms with Crippen molar-refractivity contribution in [3.63, 3.8) is 0 Å². The summed E-state index contributed by atoms with van der Waals surface area (Å²) in [5, 5.41) is 0. The van der Waals surface area contributed by atoms with Gasteiger partial charge in [0.15, 0.2) is 0 Å². The van der Waals surface area contributed by atoms with Gasteiger partial charge in [-0.1, -0.05) is 6.92 Å². The molecule has 0 saturated carbocycles. The summed E-state index contributed by atoms with van der Waals surface area (Å²) in [6.07, 6.45) is -10.6. The molecule has 40 heavy (non-hydrogen) atoms. The van der Waals surface area contributed by atoms with Crippen LogP contribution in [0.4, 0.5) is 48.3 Å². The number of alkyl halides is 6. The molecule has 1 aliphatic rings. The molecule has 210 valence electrons. The number of nitrogens with zero attached hydrogens (tertiary/aromatic N) is 5. The van der Waals surface area contributed by atoms with E-state index < -0.39 is 47.7 Å². The maximum absolute atomic E-state index is 13.3. The number of urea groups is 1. The van der Waals surface area contributed by atoms with Crippen LogP contribution in [0.1, 0.15) is 18.1 Å². The van der Waals surface area contributed by atoms with Crippen molar-refractivity contribution in [2.75, 3.05) is 15.5 Å². The molecule has 0 aliphatic carbocycles. The lowest BCUT2D eigenvalue weighted by Gasteiger charge is -2.22. The Morgan fingerprint density at radius 3 is 2.38 bits per heavy atom. The van der Waals surface area contributed by atoms with E-state index in [1.807, 2.05) is 0 Å². The minimum Gasteiger partial charge on any atom is -0.439 e. The van der Waals surface area contributed by atoms with E-state index in [4.69, 9.17) is 10.5 Å². The van der Waals surface area contributed by atoms with Crippen molar-refractivity contribution < 1.29 is 50.2 Å². The molecule has 0 bridgehead atoms. The number of nitrogen functional groups attached to an aromatic ring is 1. The van der Waals surface area contributed by atoms with Crippen LogP contribution >= 0.6 is 0 Å². The first kappa shape index (κ1) is 28.1. The first-order valence-corrected chi connectivity index (χ1v) is 11.1. The van der Waals surface area contributed by atoms with Crippen LogP contribution in [0.5, 0.6) is 11.6 Å². The zero-order valence-corrected chi connectivity index (χ0v) is 20.0. The lowest BCUT2D eigenvalue weighted by atomic mass is 10.1. The Bertz CT molecular complexity index is 1480. The fourth-order valence-electron chi connectivity index (χ4n) is 3.60. The van der Waals surface area contributed by atoms with E-state index in [2.05, 4.69) is 19.7 Å². The largest absolute Gasteiger partial charge is 0.491 e. The van der Waals surface area contributed by atoms with Gasteiger partial charge in [-0.3, -0.25) is 9.78 Å². The summed E-state index contributed by atoms with van der Waals surface area (Å²) in [6, 6.07) is 4.08. The quantitative estimate of drug-likeness (QED) is 0.262. The van der Waals surface area contributed by atoms with Gasteiger partial charge in [0.2, 0.25) is 5.88 Å². The Balaban J connectivity index is 1.75. The third kappa shape index (κ3) is 5.57. The van der Waals surface area contributed by atoms with E-state index in [1.54, 1.807) is 6.92 Å². The van der Waals surface area contributed by atoms with Crippen LogP contribution in [0.2, 0.25) is 0 Å². The molecule has 0 spiro atoms. The van der Waals surface area contributed by atoms with Gasteiger partial charge < -0.3 is 15.2 Å². The van der Waals surface area contributed by atoms with Crippen molar-refractivity contribution in [3.05, 3.63) is 60.2 Å². The topological polar surface area (TPSA) is 141 Å². The van der Waals surface area contributed by atoms with Crippen LogP contribution in [-0.2, 0) is 26.9 Å². The predicted octanol–water partition coefficient (Wildman–Crippen LogP) is 4.23. The van der Waals surface area contributed by atoms with Crippen molar-refractivity contribution in [2.45, 2.75) is 31.9 Å². The smallest absolute Gasteiger partial charge is 0.439 e. The summed E-state index contributed by atoms with van der Waals surface area (Å²) >= 11 is 0. The number of halogens is 6. The number of ether oxygens (including phenoxy) is 2. The third-order valence-electron chi connectivity index (χ3n) is 5.40. The number of carbonyl (C=O) groups is 3. The molecule has 17 heteroatoms. The SMILES string of the molecule is CCc1cc(N2C(=O)C(OC(=O)C(F)(F)F)N(c3cncc(C(F)(F)F)c3)C2=O)ccc1Oc1cc(N)ncn1. The summed E-state index contributed by atoms with van der Waals surface area (Å²) in [6.45, 7) is 1.68. The molecule has 1 unspecified atom stereocenters. The van der Waals surface area contributed by atoms with Crippen molar-refractivity contribution in [1.82, 2.24) is 15.0 Å². The van der Waals surface area contributed by atoms with Crippen LogP contribution in [-0.4, -0.2) is 45.3 Å². The number of esters is 1. The molecule has 0 radical (unpaired) electrons. The van der Waals surface area contributed by atoms with E-state index in [1.165, 1.54) is 24.3 Å². The van der Waals surface area contributed by atoms with E-state index in [-0.39, 0.29) is 34.5 Å². The molecule has 1 aliphatic heterocycles. The van der Waals surface area contributed by atoms with Crippen LogP contribution in [0.15, 0.2) is 49.1 Å². The van der Waals surface area contributed by atoms with Crippen LogP contribution in [0, 0.1) is 0 Å². The van der Waals surface area contributed by atoms with Gasteiger partial charge in [-0.25, -0.2) is 29.4 Å². The molecule has 2 N–H and O–H groups in total. The van der Waals surface area contributed by atoms with E-state index in [9.17, 15) is 40.7 Å².